The second-order valence-corrected chi connectivity index (χ2v) is 4.34. The number of nitrogens with one attached hydrogen (secondary N) is 1. The van der Waals surface area contributed by atoms with Crippen LogP contribution in [0.25, 0.3) is 0 Å². The lowest BCUT2D eigenvalue weighted by molar-refractivity contribution is -0.118. The lowest BCUT2D eigenvalue weighted by Gasteiger charge is -2.13. The summed E-state index contributed by atoms with van der Waals surface area (Å²) in [6, 6.07) is 6.42. The van der Waals surface area contributed by atoms with Gasteiger partial charge in [0.2, 0.25) is 0 Å². The van der Waals surface area contributed by atoms with Crippen molar-refractivity contribution < 1.29 is 9.59 Å². The fourth-order valence-electron chi connectivity index (χ4n) is 2.08. The molecule has 0 spiro atoms. The second kappa shape index (κ2) is 5.18. The van der Waals surface area contributed by atoms with Gasteiger partial charge in [0.1, 0.15) is 6.04 Å². The molecule has 18 heavy (non-hydrogen) atoms. The highest BCUT2D eigenvalue weighted by Gasteiger charge is 2.38. The standard InChI is InChI=1S/C13H17N3O2/c1-2-4-11-12(17)16(13(18)15-11)10-6-3-5-9(7-10)8-14/h3,5-7,11H,2,4,8,14H2,1H3,(H,15,18). The maximum absolute atomic E-state index is 12.1. The largest absolute Gasteiger partial charge is 0.329 e. The lowest BCUT2D eigenvalue weighted by Crippen LogP contribution is -2.31. The molecule has 3 amide bonds. The molecular formula is C13H17N3O2. The first-order chi connectivity index (χ1) is 8.67. The molecular weight excluding hydrogens is 230 g/mol. The van der Waals surface area contributed by atoms with Crippen molar-refractivity contribution in [3.63, 3.8) is 0 Å². The fraction of sp³-hybridized carbons (Fsp3) is 0.385. The van der Waals surface area contributed by atoms with E-state index < -0.39 is 6.04 Å². The van der Waals surface area contributed by atoms with E-state index in [1.807, 2.05) is 13.0 Å². The Morgan fingerprint density at radius 2 is 2.17 bits per heavy atom. The molecule has 1 aliphatic heterocycles. The van der Waals surface area contributed by atoms with Gasteiger partial charge in [0, 0.05) is 6.54 Å². The van der Waals surface area contributed by atoms with Gasteiger partial charge in [-0.2, -0.15) is 0 Å². The molecule has 3 N–H and O–H groups in total. The van der Waals surface area contributed by atoms with Crippen LogP contribution in [0.2, 0.25) is 0 Å². The van der Waals surface area contributed by atoms with Gasteiger partial charge in [0.05, 0.1) is 5.69 Å². The average molecular weight is 247 g/mol. The molecule has 0 aliphatic carbocycles. The molecule has 0 radical (unpaired) electrons. The van der Waals surface area contributed by atoms with Crippen molar-refractivity contribution in [3.05, 3.63) is 29.8 Å². The lowest BCUT2D eigenvalue weighted by atomic mass is 10.1. The summed E-state index contributed by atoms with van der Waals surface area (Å²) in [6.45, 7) is 2.37. The minimum Gasteiger partial charge on any atom is -0.326 e. The third-order valence-corrected chi connectivity index (χ3v) is 3.00. The zero-order valence-corrected chi connectivity index (χ0v) is 10.3. The first-order valence-electron chi connectivity index (χ1n) is 6.10. The number of nitrogens with zero attached hydrogens (tertiary/aromatic N) is 1. The molecule has 0 bridgehead atoms. The average Bonchev–Trinajstić information content (AvgIpc) is 2.65. The van der Waals surface area contributed by atoms with E-state index in [0.29, 0.717) is 18.7 Å². The molecule has 1 aromatic carbocycles. The fourth-order valence-corrected chi connectivity index (χ4v) is 2.08. The van der Waals surface area contributed by atoms with Crippen molar-refractivity contribution in [2.24, 2.45) is 5.73 Å². The van der Waals surface area contributed by atoms with Gasteiger partial charge in [-0.1, -0.05) is 25.5 Å². The zero-order valence-electron chi connectivity index (χ0n) is 10.3. The second-order valence-electron chi connectivity index (χ2n) is 4.34. The molecule has 5 nitrogen and oxygen atoms in total. The number of hydrogen-bond acceptors (Lipinski definition) is 3. The van der Waals surface area contributed by atoms with Gasteiger partial charge in [-0.05, 0) is 24.1 Å². The highest BCUT2D eigenvalue weighted by atomic mass is 16.2. The number of urea groups is 1. The monoisotopic (exact) mass is 247 g/mol. The van der Waals surface area contributed by atoms with Crippen LogP contribution in [0, 0.1) is 0 Å². The molecule has 1 fully saturated rings. The number of hydrogen-bond donors (Lipinski definition) is 2. The first kappa shape index (κ1) is 12.6. The summed E-state index contributed by atoms with van der Waals surface area (Å²) >= 11 is 0. The van der Waals surface area contributed by atoms with Crippen LogP contribution in [0.3, 0.4) is 0 Å². The number of carbonyl (C=O) groups is 2. The van der Waals surface area contributed by atoms with Crippen LogP contribution in [-0.2, 0) is 11.3 Å². The third kappa shape index (κ3) is 2.22. The Hall–Kier alpha value is -1.88. The number of rotatable bonds is 4. The Balaban J connectivity index is 2.27. The maximum atomic E-state index is 12.1. The molecule has 1 saturated heterocycles. The van der Waals surface area contributed by atoms with Gasteiger partial charge in [-0.15, -0.1) is 0 Å². The maximum Gasteiger partial charge on any atom is 0.329 e. The highest BCUT2D eigenvalue weighted by molar-refractivity contribution is 6.21. The van der Waals surface area contributed by atoms with Crippen molar-refractivity contribution >= 4 is 17.6 Å². The van der Waals surface area contributed by atoms with E-state index in [0.717, 1.165) is 12.0 Å². The minimum absolute atomic E-state index is 0.184. The predicted molar refractivity (Wildman–Crippen MR) is 69.0 cm³/mol. The van der Waals surface area contributed by atoms with E-state index in [1.165, 1.54) is 4.90 Å². The quantitative estimate of drug-likeness (QED) is 0.789. The summed E-state index contributed by atoms with van der Waals surface area (Å²) in [5.74, 6) is -0.184. The zero-order chi connectivity index (χ0) is 13.1. The van der Waals surface area contributed by atoms with Crippen molar-refractivity contribution in [2.45, 2.75) is 32.4 Å². The highest BCUT2D eigenvalue weighted by Crippen LogP contribution is 2.22. The molecule has 96 valence electrons. The Bertz CT molecular complexity index is 473. The van der Waals surface area contributed by atoms with Crippen molar-refractivity contribution in [2.75, 3.05) is 4.90 Å². The minimum atomic E-state index is -0.399. The van der Waals surface area contributed by atoms with Crippen LogP contribution in [0.5, 0.6) is 0 Å². The van der Waals surface area contributed by atoms with E-state index in [9.17, 15) is 9.59 Å². The summed E-state index contributed by atoms with van der Waals surface area (Å²) in [4.78, 5) is 25.1. The number of nitrogens with two attached hydrogens (primary N) is 1. The molecule has 2 rings (SSSR count). The van der Waals surface area contributed by atoms with Gasteiger partial charge in [0.25, 0.3) is 5.91 Å². The normalized spacial score (nSPS) is 19.2. The molecule has 0 aromatic heterocycles. The first-order valence-corrected chi connectivity index (χ1v) is 6.10. The van der Waals surface area contributed by atoms with Crippen LogP contribution in [-0.4, -0.2) is 18.0 Å². The number of benzene rings is 1. The number of anilines is 1. The Labute approximate surface area is 106 Å². The van der Waals surface area contributed by atoms with Crippen molar-refractivity contribution in [1.29, 1.82) is 0 Å². The Morgan fingerprint density at radius 1 is 1.39 bits per heavy atom. The van der Waals surface area contributed by atoms with Crippen LogP contribution < -0.4 is 16.0 Å². The SMILES string of the molecule is CCCC1NC(=O)N(c2cccc(CN)c2)C1=O. The summed E-state index contributed by atoms with van der Waals surface area (Å²) in [5.41, 5.74) is 7.04. The summed E-state index contributed by atoms with van der Waals surface area (Å²) in [6.07, 6.45) is 1.52. The van der Waals surface area contributed by atoms with Gasteiger partial charge >= 0.3 is 6.03 Å². The predicted octanol–water partition coefficient (Wildman–Crippen LogP) is 1.37. The molecule has 1 atom stereocenters. The number of imide groups is 1. The summed E-state index contributed by atoms with van der Waals surface area (Å²) < 4.78 is 0. The molecule has 1 unspecified atom stereocenters. The molecule has 1 aliphatic rings. The van der Waals surface area contributed by atoms with Gasteiger partial charge in [-0.25, -0.2) is 9.69 Å². The van der Waals surface area contributed by atoms with E-state index >= 15 is 0 Å². The van der Waals surface area contributed by atoms with Crippen molar-refractivity contribution in [3.8, 4) is 0 Å². The van der Waals surface area contributed by atoms with Crippen LogP contribution in [0.15, 0.2) is 24.3 Å². The number of carbonyl (C=O) groups excluding carboxylic acids is 2. The summed E-state index contributed by atoms with van der Waals surface area (Å²) in [5, 5.41) is 2.70. The van der Waals surface area contributed by atoms with Gasteiger partial charge < -0.3 is 11.1 Å². The smallest absolute Gasteiger partial charge is 0.326 e. The molecule has 0 saturated carbocycles. The van der Waals surface area contributed by atoms with Gasteiger partial charge in [0.15, 0.2) is 0 Å². The molecule has 1 aromatic rings. The van der Waals surface area contributed by atoms with Crippen LogP contribution >= 0.6 is 0 Å². The van der Waals surface area contributed by atoms with Gasteiger partial charge in [-0.3, -0.25) is 4.79 Å². The van der Waals surface area contributed by atoms with E-state index in [2.05, 4.69) is 5.32 Å². The molecule has 1 heterocycles. The topological polar surface area (TPSA) is 75.4 Å². The van der Waals surface area contributed by atoms with E-state index in [-0.39, 0.29) is 11.9 Å². The van der Waals surface area contributed by atoms with Crippen LogP contribution in [0.4, 0.5) is 10.5 Å². The Morgan fingerprint density at radius 3 is 2.83 bits per heavy atom. The number of amides is 3. The van der Waals surface area contributed by atoms with E-state index in [4.69, 9.17) is 5.73 Å². The molecule has 5 heteroatoms. The Kier molecular flexibility index (Phi) is 3.62. The van der Waals surface area contributed by atoms with Crippen LogP contribution in [0.1, 0.15) is 25.3 Å². The summed E-state index contributed by atoms with van der Waals surface area (Å²) in [7, 11) is 0. The van der Waals surface area contributed by atoms with E-state index in [1.54, 1.807) is 18.2 Å². The third-order valence-electron chi connectivity index (χ3n) is 3.00. The van der Waals surface area contributed by atoms with Crippen molar-refractivity contribution in [1.82, 2.24) is 5.32 Å².